The normalized spacial score (nSPS) is 19.2. The van der Waals surface area contributed by atoms with Crippen LogP contribution in [0.4, 0.5) is 13.2 Å². The number of imidazole rings is 1. The highest BCUT2D eigenvalue weighted by molar-refractivity contribution is 5.79. The standard InChI is InChI=1S/C28H27F3N8O.H2/c1-18-4-2-6-21-26(18)35-36-39(21)24-12-13-32-23(34-24)7-3-5-19-8-10-20(11-9-19)27(40)38-15-14-37-16-22(28(29,30)31)33-25(37)17-38;/h2,4,6,12-13,16,19-20H,5,8-11,14-15,17H2,1H3;1H. The van der Waals surface area contributed by atoms with E-state index in [0.29, 0.717) is 37.1 Å². The van der Waals surface area contributed by atoms with Crippen LogP contribution in [0.3, 0.4) is 0 Å². The minimum absolute atomic E-state index is 0. The third kappa shape index (κ3) is 5.15. The van der Waals surface area contributed by atoms with E-state index < -0.39 is 11.9 Å². The summed E-state index contributed by atoms with van der Waals surface area (Å²) in [6.07, 6.45) is 2.12. The van der Waals surface area contributed by atoms with Gasteiger partial charge in [0.05, 0.1) is 12.1 Å². The van der Waals surface area contributed by atoms with Crippen LogP contribution in [0.15, 0.2) is 36.7 Å². The summed E-state index contributed by atoms with van der Waals surface area (Å²) in [6, 6.07) is 7.66. The molecule has 6 rings (SSSR count). The SMILES string of the molecule is Cc1cccc2c1nnn2-c1ccnc(C#CCC2CCC(C(=O)N3CCn4cc(C(F)(F)F)nc4C3)CC2)n1.[HH]. The highest BCUT2D eigenvalue weighted by Gasteiger charge is 2.37. The van der Waals surface area contributed by atoms with Crippen LogP contribution in [-0.2, 0) is 24.1 Å². The van der Waals surface area contributed by atoms with Gasteiger partial charge in [-0.3, -0.25) is 4.79 Å². The van der Waals surface area contributed by atoms with E-state index in [0.717, 1.165) is 48.5 Å². The molecule has 1 saturated carbocycles. The van der Waals surface area contributed by atoms with Gasteiger partial charge in [0, 0.05) is 45.3 Å². The summed E-state index contributed by atoms with van der Waals surface area (Å²) < 4.78 is 42.2. The van der Waals surface area contributed by atoms with Gasteiger partial charge in [-0.25, -0.2) is 15.0 Å². The average Bonchev–Trinajstić information content (AvgIpc) is 3.58. The monoisotopic (exact) mass is 550 g/mol. The van der Waals surface area contributed by atoms with Gasteiger partial charge < -0.3 is 9.47 Å². The second kappa shape index (κ2) is 10.4. The number of hydrogen-bond donors (Lipinski definition) is 0. The van der Waals surface area contributed by atoms with Crippen LogP contribution in [0.25, 0.3) is 16.9 Å². The second-order valence-corrected chi connectivity index (χ2v) is 10.4. The lowest BCUT2D eigenvalue weighted by Gasteiger charge is -2.33. The Bertz CT molecular complexity index is 1630. The van der Waals surface area contributed by atoms with Crippen LogP contribution in [0.5, 0.6) is 0 Å². The molecular weight excluding hydrogens is 521 g/mol. The van der Waals surface area contributed by atoms with Crippen molar-refractivity contribution in [2.75, 3.05) is 6.54 Å². The molecule has 208 valence electrons. The number of nitrogens with zero attached hydrogens (tertiary/aromatic N) is 8. The number of carbonyl (C=O) groups is 1. The number of aromatic nitrogens is 7. The molecule has 0 unspecified atom stereocenters. The van der Waals surface area contributed by atoms with Gasteiger partial charge in [0.25, 0.3) is 0 Å². The maximum absolute atomic E-state index is 13.1. The molecule has 1 aliphatic carbocycles. The predicted molar refractivity (Wildman–Crippen MR) is 141 cm³/mol. The van der Waals surface area contributed by atoms with Crippen molar-refractivity contribution in [3.05, 3.63) is 59.6 Å². The third-order valence-electron chi connectivity index (χ3n) is 7.73. The van der Waals surface area contributed by atoms with Gasteiger partial charge in [0.1, 0.15) is 11.3 Å². The number of benzene rings is 1. The molecule has 1 aliphatic heterocycles. The molecule has 40 heavy (non-hydrogen) atoms. The summed E-state index contributed by atoms with van der Waals surface area (Å²) >= 11 is 0. The summed E-state index contributed by atoms with van der Waals surface area (Å²) in [5.41, 5.74) is 1.82. The van der Waals surface area contributed by atoms with E-state index in [1.54, 1.807) is 21.8 Å². The summed E-state index contributed by atoms with van der Waals surface area (Å²) in [5, 5.41) is 8.51. The molecular formula is C28H29F3N8O. The number of alkyl halides is 3. The van der Waals surface area contributed by atoms with E-state index in [1.165, 1.54) is 4.57 Å². The van der Waals surface area contributed by atoms with E-state index in [2.05, 4.69) is 37.1 Å². The maximum atomic E-state index is 13.1. The molecule has 1 amide bonds. The number of halogens is 3. The van der Waals surface area contributed by atoms with Crippen molar-refractivity contribution in [1.82, 2.24) is 39.4 Å². The summed E-state index contributed by atoms with van der Waals surface area (Å²) in [4.78, 5) is 27.3. The van der Waals surface area contributed by atoms with Crippen molar-refractivity contribution < 1.29 is 19.4 Å². The Kier molecular flexibility index (Phi) is 6.73. The Morgan fingerprint density at radius 2 is 1.95 bits per heavy atom. The topological polar surface area (TPSA) is 94.6 Å². The minimum atomic E-state index is -4.49. The molecule has 12 heteroatoms. The molecule has 1 fully saturated rings. The number of carbonyl (C=O) groups excluding carboxylic acids is 1. The average molecular weight is 551 g/mol. The molecule has 0 atom stereocenters. The minimum Gasteiger partial charge on any atom is -0.333 e. The van der Waals surface area contributed by atoms with Crippen LogP contribution in [0.2, 0.25) is 0 Å². The first-order chi connectivity index (χ1) is 19.3. The second-order valence-electron chi connectivity index (χ2n) is 10.4. The third-order valence-corrected chi connectivity index (χ3v) is 7.73. The van der Waals surface area contributed by atoms with Crippen LogP contribution >= 0.6 is 0 Å². The van der Waals surface area contributed by atoms with Crippen molar-refractivity contribution >= 4 is 16.9 Å². The van der Waals surface area contributed by atoms with Crippen LogP contribution in [-0.4, -0.2) is 51.9 Å². The van der Waals surface area contributed by atoms with E-state index >= 15 is 0 Å². The Labute approximate surface area is 229 Å². The molecule has 0 bridgehead atoms. The van der Waals surface area contributed by atoms with E-state index in [9.17, 15) is 18.0 Å². The predicted octanol–water partition coefficient (Wildman–Crippen LogP) is 4.57. The highest BCUT2D eigenvalue weighted by Crippen LogP contribution is 2.33. The van der Waals surface area contributed by atoms with Gasteiger partial charge in [0.15, 0.2) is 11.5 Å². The van der Waals surface area contributed by atoms with Crippen LogP contribution in [0, 0.1) is 30.6 Å². The molecule has 0 saturated heterocycles. The van der Waals surface area contributed by atoms with Gasteiger partial charge in [-0.1, -0.05) is 23.3 Å². The zero-order chi connectivity index (χ0) is 27.9. The first kappa shape index (κ1) is 26.0. The van der Waals surface area contributed by atoms with Crippen LogP contribution in [0.1, 0.15) is 56.4 Å². The van der Waals surface area contributed by atoms with Crippen molar-refractivity contribution in [2.45, 2.75) is 58.3 Å². The zero-order valence-corrected chi connectivity index (χ0v) is 21.9. The lowest BCUT2D eigenvalue weighted by molar-refractivity contribution is -0.141. The molecule has 0 spiro atoms. The maximum Gasteiger partial charge on any atom is 0.434 e. The molecule has 4 aromatic rings. The molecule has 9 nitrogen and oxygen atoms in total. The van der Waals surface area contributed by atoms with E-state index in [-0.39, 0.29) is 25.6 Å². The lowest BCUT2D eigenvalue weighted by atomic mass is 9.80. The molecule has 1 aromatic carbocycles. The first-order valence-electron chi connectivity index (χ1n) is 13.3. The van der Waals surface area contributed by atoms with Crippen molar-refractivity contribution in [2.24, 2.45) is 11.8 Å². The van der Waals surface area contributed by atoms with Gasteiger partial charge in [-0.2, -0.15) is 17.9 Å². The van der Waals surface area contributed by atoms with Crippen molar-refractivity contribution in [3.63, 3.8) is 0 Å². The Hall–Kier alpha value is -4.27. The fraction of sp³-hybridized carbons (Fsp3) is 0.429. The Morgan fingerprint density at radius 1 is 1.12 bits per heavy atom. The van der Waals surface area contributed by atoms with Crippen LogP contribution < -0.4 is 0 Å². The molecule has 0 N–H and O–H groups in total. The zero-order valence-electron chi connectivity index (χ0n) is 21.9. The largest absolute Gasteiger partial charge is 0.434 e. The fourth-order valence-electron chi connectivity index (χ4n) is 5.50. The van der Waals surface area contributed by atoms with Crippen molar-refractivity contribution in [1.29, 1.82) is 0 Å². The highest BCUT2D eigenvalue weighted by atomic mass is 19.4. The number of rotatable bonds is 3. The summed E-state index contributed by atoms with van der Waals surface area (Å²) in [6.45, 7) is 2.82. The van der Waals surface area contributed by atoms with Gasteiger partial charge in [0.2, 0.25) is 11.7 Å². The van der Waals surface area contributed by atoms with Gasteiger partial charge >= 0.3 is 6.18 Å². The summed E-state index contributed by atoms with van der Waals surface area (Å²) in [5.74, 6) is 7.83. The number of amides is 1. The number of fused-ring (bicyclic) bond motifs is 2. The van der Waals surface area contributed by atoms with E-state index in [4.69, 9.17) is 0 Å². The lowest BCUT2D eigenvalue weighted by Crippen LogP contribution is -2.42. The molecule has 2 aliphatic rings. The molecule has 0 radical (unpaired) electrons. The number of hydrogen-bond acceptors (Lipinski definition) is 6. The Balaban J connectivity index is 0.00000337. The van der Waals surface area contributed by atoms with E-state index in [1.807, 2.05) is 25.1 Å². The molecule has 4 heterocycles. The quantitative estimate of drug-likeness (QED) is 0.347. The summed E-state index contributed by atoms with van der Waals surface area (Å²) in [7, 11) is 0. The Morgan fingerprint density at radius 3 is 2.75 bits per heavy atom. The smallest absolute Gasteiger partial charge is 0.333 e. The number of aryl methyl sites for hydroxylation is 1. The first-order valence-corrected chi connectivity index (χ1v) is 13.3. The molecule has 3 aromatic heterocycles. The van der Waals surface area contributed by atoms with Crippen molar-refractivity contribution in [3.8, 4) is 17.7 Å². The fourth-order valence-corrected chi connectivity index (χ4v) is 5.50. The van der Waals surface area contributed by atoms with Gasteiger partial charge in [-0.05, 0) is 56.1 Å². The van der Waals surface area contributed by atoms with Gasteiger partial charge in [-0.15, -0.1) is 5.10 Å².